The lowest BCUT2D eigenvalue weighted by atomic mass is 9.85. The third-order valence-electron chi connectivity index (χ3n) is 4.40. The SMILES string of the molecule is CC(=O)N(CCNC(=O)C1CCC1)c1c(C)cc(C)cc1C. The van der Waals surface area contributed by atoms with E-state index in [4.69, 9.17) is 0 Å². The van der Waals surface area contributed by atoms with Crippen molar-refractivity contribution in [2.75, 3.05) is 18.0 Å². The third kappa shape index (κ3) is 3.67. The highest BCUT2D eigenvalue weighted by molar-refractivity contribution is 5.93. The monoisotopic (exact) mass is 302 g/mol. The quantitative estimate of drug-likeness (QED) is 0.909. The summed E-state index contributed by atoms with van der Waals surface area (Å²) in [7, 11) is 0. The molecule has 0 heterocycles. The second kappa shape index (κ2) is 6.95. The first-order valence-corrected chi connectivity index (χ1v) is 8.04. The number of amides is 2. The fraction of sp³-hybridized carbons (Fsp3) is 0.556. The van der Waals surface area contributed by atoms with E-state index in [0.717, 1.165) is 36.1 Å². The van der Waals surface area contributed by atoms with Crippen LogP contribution in [0.5, 0.6) is 0 Å². The van der Waals surface area contributed by atoms with Gasteiger partial charge in [-0.05, 0) is 44.7 Å². The molecule has 0 radical (unpaired) electrons. The summed E-state index contributed by atoms with van der Waals surface area (Å²) in [6.45, 7) is 8.70. The molecule has 0 aliphatic heterocycles. The molecule has 1 aliphatic carbocycles. The normalized spacial score (nSPS) is 14.4. The highest BCUT2D eigenvalue weighted by atomic mass is 16.2. The summed E-state index contributed by atoms with van der Waals surface area (Å²) in [6.07, 6.45) is 3.15. The van der Waals surface area contributed by atoms with Crippen LogP contribution in [0.25, 0.3) is 0 Å². The van der Waals surface area contributed by atoms with Gasteiger partial charge in [0, 0.05) is 31.6 Å². The predicted octanol–water partition coefficient (Wildman–Crippen LogP) is 2.88. The van der Waals surface area contributed by atoms with Crippen LogP contribution in [0.1, 0.15) is 42.9 Å². The number of nitrogens with one attached hydrogen (secondary N) is 1. The average Bonchev–Trinajstić information content (AvgIpc) is 2.33. The number of benzene rings is 1. The van der Waals surface area contributed by atoms with Crippen LogP contribution in [0.3, 0.4) is 0 Å². The van der Waals surface area contributed by atoms with Gasteiger partial charge in [0.15, 0.2) is 0 Å². The maximum absolute atomic E-state index is 12.0. The Morgan fingerprint density at radius 2 is 1.77 bits per heavy atom. The zero-order valence-corrected chi connectivity index (χ0v) is 14.0. The smallest absolute Gasteiger partial charge is 0.223 e. The molecule has 22 heavy (non-hydrogen) atoms. The van der Waals surface area contributed by atoms with E-state index in [-0.39, 0.29) is 17.7 Å². The summed E-state index contributed by atoms with van der Waals surface area (Å²) in [5, 5.41) is 2.96. The minimum atomic E-state index is 0.00736. The summed E-state index contributed by atoms with van der Waals surface area (Å²) in [4.78, 5) is 25.7. The van der Waals surface area contributed by atoms with E-state index in [1.165, 1.54) is 5.56 Å². The van der Waals surface area contributed by atoms with E-state index in [0.29, 0.717) is 13.1 Å². The molecule has 0 saturated heterocycles. The van der Waals surface area contributed by atoms with E-state index in [2.05, 4.69) is 24.4 Å². The van der Waals surface area contributed by atoms with Gasteiger partial charge in [0.25, 0.3) is 0 Å². The molecule has 1 N–H and O–H groups in total. The van der Waals surface area contributed by atoms with Gasteiger partial charge >= 0.3 is 0 Å². The third-order valence-corrected chi connectivity index (χ3v) is 4.40. The van der Waals surface area contributed by atoms with Crippen molar-refractivity contribution in [1.82, 2.24) is 5.32 Å². The Bertz CT molecular complexity index is 553. The molecule has 1 aromatic rings. The molecule has 1 fully saturated rings. The maximum atomic E-state index is 12.0. The van der Waals surface area contributed by atoms with Crippen LogP contribution in [0.15, 0.2) is 12.1 Å². The topological polar surface area (TPSA) is 49.4 Å². The standard InChI is InChI=1S/C18H26N2O2/c1-12-10-13(2)17(14(3)11-12)20(15(4)21)9-8-19-18(22)16-6-5-7-16/h10-11,16H,5-9H2,1-4H3,(H,19,22). The van der Waals surface area contributed by atoms with Crippen LogP contribution in [-0.2, 0) is 9.59 Å². The van der Waals surface area contributed by atoms with Crippen molar-refractivity contribution >= 4 is 17.5 Å². The zero-order chi connectivity index (χ0) is 16.3. The van der Waals surface area contributed by atoms with E-state index < -0.39 is 0 Å². The number of hydrogen-bond acceptors (Lipinski definition) is 2. The van der Waals surface area contributed by atoms with Crippen molar-refractivity contribution in [2.45, 2.75) is 47.0 Å². The van der Waals surface area contributed by atoms with Crippen molar-refractivity contribution in [3.05, 3.63) is 28.8 Å². The maximum Gasteiger partial charge on any atom is 0.223 e. The zero-order valence-electron chi connectivity index (χ0n) is 14.0. The van der Waals surface area contributed by atoms with Crippen LogP contribution in [0.4, 0.5) is 5.69 Å². The van der Waals surface area contributed by atoms with Crippen LogP contribution in [0.2, 0.25) is 0 Å². The first kappa shape index (κ1) is 16.5. The van der Waals surface area contributed by atoms with Crippen molar-refractivity contribution in [3.8, 4) is 0 Å². The minimum absolute atomic E-state index is 0.00736. The summed E-state index contributed by atoms with van der Waals surface area (Å²) >= 11 is 0. The van der Waals surface area contributed by atoms with Gasteiger partial charge in [-0.1, -0.05) is 24.1 Å². The molecule has 2 rings (SSSR count). The van der Waals surface area contributed by atoms with E-state index in [1.807, 2.05) is 13.8 Å². The van der Waals surface area contributed by atoms with Crippen molar-refractivity contribution in [1.29, 1.82) is 0 Å². The van der Waals surface area contributed by atoms with E-state index >= 15 is 0 Å². The molecular formula is C18H26N2O2. The van der Waals surface area contributed by atoms with E-state index in [1.54, 1.807) is 11.8 Å². The van der Waals surface area contributed by atoms with Gasteiger partial charge in [-0.3, -0.25) is 9.59 Å². The number of anilines is 1. The second-order valence-electron chi connectivity index (χ2n) is 6.34. The Balaban J connectivity index is 2.04. The van der Waals surface area contributed by atoms with Crippen molar-refractivity contribution < 1.29 is 9.59 Å². The molecule has 4 heteroatoms. The molecule has 0 spiro atoms. The Hall–Kier alpha value is -1.84. The highest BCUT2D eigenvalue weighted by Gasteiger charge is 2.25. The largest absolute Gasteiger partial charge is 0.354 e. The van der Waals surface area contributed by atoms with Crippen LogP contribution in [0, 0.1) is 26.7 Å². The molecule has 1 saturated carbocycles. The molecule has 2 amide bonds. The molecule has 4 nitrogen and oxygen atoms in total. The predicted molar refractivity (Wildman–Crippen MR) is 89.0 cm³/mol. The summed E-state index contributed by atoms with van der Waals surface area (Å²) < 4.78 is 0. The van der Waals surface area contributed by atoms with Crippen LogP contribution < -0.4 is 10.2 Å². The van der Waals surface area contributed by atoms with Crippen molar-refractivity contribution in [2.24, 2.45) is 5.92 Å². The number of nitrogens with zero attached hydrogens (tertiary/aromatic N) is 1. The van der Waals surface area contributed by atoms with Gasteiger partial charge in [0.05, 0.1) is 0 Å². The Labute approximate surface area is 132 Å². The number of aryl methyl sites for hydroxylation is 3. The van der Waals surface area contributed by atoms with Gasteiger partial charge in [-0.2, -0.15) is 0 Å². The molecule has 0 atom stereocenters. The molecule has 0 bridgehead atoms. The molecule has 0 unspecified atom stereocenters. The highest BCUT2D eigenvalue weighted by Crippen LogP contribution is 2.27. The molecule has 120 valence electrons. The number of carbonyl (C=O) groups is 2. The average molecular weight is 302 g/mol. The molecule has 1 aliphatic rings. The lowest BCUT2D eigenvalue weighted by molar-refractivity contribution is -0.127. The van der Waals surface area contributed by atoms with Gasteiger partial charge < -0.3 is 10.2 Å². The summed E-state index contributed by atoms with van der Waals surface area (Å²) in [5.74, 6) is 0.327. The fourth-order valence-corrected chi connectivity index (χ4v) is 3.13. The van der Waals surface area contributed by atoms with Crippen molar-refractivity contribution in [3.63, 3.8) is 0 Å². The molecule has 1 aromatic carbocycles. The van der Waals surface area contributed by atoms with Gasteiger partial charge in [-0.25, -0.2) is 0 Å². The van der Waals surface area contributed by atoms with E-state index in [9.17, 15) is 9.59 Å². The first-order valence-electron chi connectivity index (χ1n) is 8.04. The fourth-order valence-electron chi connectivity index (χ4n) is 3.13. The van der Waals surface area contributed by atoms with Crippen LogP contribution in [-0.4, -0.2) is 24.9 Å². The molecular weight excluding hydrogens is 276 g/mol. The Kier molecular flexibility index (Phi) is 5.22. The second-order valence-corrected chi connectivity index (χ2v) is 6.34. The molecule has 0 aromatic heterocycles. The van der Waals surface area contributed by atoms with Gasteiger partial charge in [0.2, 0.25) is 11.8 Å². The lowest BCUT2D eigenvalue weighted by Gasteiger charge is -2.27. The number of carbonyl (C=O) groups excluding carboxylic acids is 2. The summed E-state index contributed by atoms with van der Waals surface area (Å²) in [6, 6.07) is 4.18. The number of hydrogen-bond donors (Lipinski definition) is 1. The summed E-state index contributed by atoms with van der Waals surface area (Å²) in [5.41, 5.74) is 4.35. The van der Waals surface area contributed by atoms with Crippen LogP contribution >= 0.6 is 0 Å². The van der Waals surface area contributed by atoms with Gasteiger partial charge in [0.1, 0.15) is 0 Å². The first-order chi connectivity index (χ1) is 10.4. The minimum Gasteiger partial charge on any atom is -0.354 e. The Morgan fingerprint density at radius 1 is 1.18 bits per heavy atom. The number of rotatable bonds is 5. The van der Waals surface area contributed by atoms with Gasteiger partial charge in [-0.15, -0.1) is 0 Å². The lowest BCUT2D eigenvalue weighted by Crippen LogP contribution is -2.41. The Morgan fingerprint density at radius 3 is 2.23 bits per heavy atom.